The predicted octanol–water partition coefficient (Wildman–Crippen LogP) is 4.73. The summed E-state index contributed by atoms with van der Waals surface area (Å²) in [5, 5.41) is 1.88. The second kappa shape index (κ2) is 8.47. The molecule has 5 nitrogen and oxygen atoms in total. The molecule has 3 aromatic rings. The molecule has 0 spiro atoms. The SMILES string of the molecule is CCCOC(=O)CN1CCc2c([nH]c3ccc(Cl)cc23)C1c1ccc(OC)cc1. The van der Waals surface area contributed by atoms with Crippen LogP contribution in [0.3, 0.4) is 0 Å². The van der Waals surface area contributed by atoms with Crippen LogP contribution >= 0.6 is 11.6 Å². The van der Waals surface area contributed by atoms with E-state index in [-0.39, 0.29) is 18.6 Å². The van der Waals surface area contributed by atoms with Gasteiger partial charge in [-0.1, -0.05) is 30.7 Å². The van der Waals surface area contributed by atoms with Gasteiger partial charge in [0.25, 0.3) is 0 Å². The van der Waals surface area contributed by atoms with Gasteiger partial charge in [0.2, 0.25) is 0 Å². The molecule has 1 aliphatic rings. The van der Waals surface area contributed by atoms with Gasteiger partial charge in [-0.2, -0.15) is 0 Å². The van der Waals surface area contributed by atoms with Crippen LogP contribution in [-0.4, -0.2) is 42.7 Å². The Balaban J connectivity index is 1.75. The number of aromatic amines is 1. The van der Waals surface area contributed by atoms with Gasteiger partial charge in [-0.15, -0.1) is 0 Å². The van der Waals surface area contributed by atoms with Crippen molar-refractivity contribution in [2.75, 3.05) is 26.8 Å². The highest BCUT2D eigenvalue weighted by Gasteiger charge is 2.33. The second-order valence-corrected chi connectivity index (χ2v) is 7.76. The van der Waals surface area contributed by atoms with Crippen molar-refractivity contribution in [2.45, 2.75) is 25.8 Å². The van der Waals surface area contributed by atoms with E-state index in [1.807, 2.05) is 37.3 Å². The Morgan fingerprint density at radius 2 is 2.03 bits per heavy atom. The minimum absolute atomic E-state index is 0.0648. The summed E-state index contributed by atoms with van der Waals surface area (Å²) in [6.45, 7) is 3.48. The van der Waals surface area contributed by atoms with Gasteiger partial charge in [0.05, 0.1) is 26.3 Å². The molecular formula is C23H25ClN2O3. The molecular weight excluding hydrogens is 388 g/mol. The minimum atomic E-state index is -0.187. The first-order chi connectivity index (χ1) is 14.1. The molecule has 0 amide bonds. The maximum Gasteiger partial charge on any atom is 0.320 e. The van der Waals surface area contributed by atoms with Crippen molar-refractivity contribution in [1.82, 2.24) is 9.88 Å². The Hall–Kier alpha value is -2.50. The highest BCUT2D eigenvalue weighted by Crippen LogP contribution is 2.39. The number of carbonyl (C=O) groups excluding carboxylic acids is 1. The Kier molecular flexibility index (Phi) is 5.79. The number of aromatic nitrogens is 1. The van der Waals surface area contributed by atoms with Gasteiger partial charge in [0, 0.05) is 28.2 Å². The Bertz CT molecular complexity index is 1010. The first kappa shape index (κ1) is 19.8. The number of ether oxygens (including phenoxy) is 2. The maximum atomic E-state index is 12.4. The number of esters is 1. The number of hydrogen-bond donors (Lipinski definition) is 1. The van der Waals surface area contributed by atoms with E-state index in [4.69, 9.17) is 21.1 Å². The molecule has 2 heterocycles. The zero-order valence-electron chi connectivity index (χ0n) is 16.7. The fourth-order valence-electron chi connectivity index (χ4n) is 4.07. The number of carbonyl (C=O) groups is 1. The third kappa shape index (κ3) is 3.98. The van der Waals surface area contributed by atoms with Crippen LogP contribution in [0.25, 0.3) is 10.9 Å². The van der Waals surface area contributed by atoms with E-state index in [1.165, 1.54) is 5.56 Å². The molecule has 2 aromatic carbocycles. The monoisotopic (exact) mass is 412 g/mol. The third-order valence-corrected chi connectivity index (χ3v) is 5.65. The molecule has 0 aliphatic carbocycles. The van der Waals surface area contributed by atoms with Crippen LogP contribution in [-0.2, 0) is 16.0 Å². The average molecular weight is 413 g/mol. The molecule has 0 radical (unpaired) electrons. The number of fused-ring (bicyclic) bond motifs is 3. The Morgan fingerprint density at radius 1 is 1.24 bits per heavy atom. The summed E-state index contributed by atoms with van der Waals surface area (Å²) in [7, 11) is 1.66. The Morgan fingerprint density at radius 3 is 2.76 bits per heavy atom. The zero-order valence-corrected chi connectivity index (χ0v) is 17.5. The maximum absolute atomic E-state index is 12.4. The van der Waals surface area contributed by atoms with Crippen molar-refractivity contribution in [2.24, 2.45) is 0 Å². The average Bonchev–Trinajstić information content (AvgIpc) is 3.10. The number of nitrogens with one attached hydrogen (secondary N) is 1. The van der Waals surface area contributed by atoms with Gasteiger partial charge in [0.1, 0.15) is 5.75 Å². The molecule has 6 heteroatoms. The number of rotatable bonds is 6. The minimum Gasteiger partial charge on any atom is -0.497 e. The molecule has 1 aromatic heterocycles. The topological polar surface area (TPSA) is 54.6 Å². The lowest BCUT2D eigenvalue weighted by Gasteiger charge is -2.35. The van der Waals surface area contributed by atoms with E-state index in [1.54, 1.807) is 7.11 Å². The van der Waals surface area contributed by atoms with Gasteiger partial charge < -0.3 is 14.5 Å². The van der Waals surface area contributed by atoms with Crippen molar-refractivity contribution in [3.63, 3.8) is 0 Å². The van der Waals surface area contributed by atoms with E-state index in [2.05, 4.69) is 22.0 Å². The summed E-state index contributed by atoms with van der Waals surface area (Å²) in [5.74, 6) is 0.620. The van der Waals surface area contributed by atoms with Crippen LogP contribution in [0.5, 0.6) is 5.75 Å². The molecule has 1 atom stereocenters. The lowest BCUT2D eigenvalue weighted by atomic mass is 9.92. The highest BCUT2D eigenvalue weighted by atomic mass is 35.5. The quantitative estimate of drug-likeness (QED) is 0.594. The highest BCUT2D eigenvalue weighted by molar-refractivity contribution is 6.31. The second-order valence-electron chi connectivity index (χ2n) is 7.32. The zero-order chi connectivity index (χ0) is 20.4. The number of hydrogen-bond acceptors (Lipinski definition) is 4. The van der Waals surface area contributed by atoms with Crippen LogP contribution in [0.1, 0.15) is 36.2 Å². The van der Waals surface area contributed by atoms with Gasteiger partial charge in [-0.05, 0) is 54.3 Å². The number of nitrogens with zero attached hydrogens (tertiary/aromatic N) is 1. The summed E-state index contributed by atoms with van der Waals surface area (Å²) >= 11 is 6.25. The van der Waals surface area contributed by atoms with Gasteiger partial charge >= 0.3 is 5.97 Å². The fourth-order valence-corrected chi connectivity index (χ4v) is 4.24. The van der Waals surface area contributed by atoms with Crippen molar-refractivity contribution >= 4 is 28.5 Å². The predicted molar refractivity (Wildman–Crippen MR) is 115 cm³/mol. The molecule has 29 heavy (non-hydrogen) atoms. The molecule has 4 rings (SSSR count). The molecule has 1 N–H and O–H groups in total. The van der Waals surface area contributed by atoms with Crippen LogP contribution in [0.4, 0.5) is 0 Å². The molecule has 152 valence electrons. The molecule has 0 bridgehead atoms. The number of halogens is 1. The van der Waals surface area contributed by atoms with E-state index in [0.717, 1.165) is 52.3 Å². The van der Waals surface area contributed by atoms with Crippen LogP contribution in [0, 0.1) is 0 Å². The van der Waals surface area contributed by atoms with E-state index < -0.39 is 0 Å². The van der Waals surface area contributed by atoms with E-state index in [0.29, 0.717) is 6.61 Å². The largest absolute Gasteiger partial charge is 0.497 e. The van der Waals surface area contributed by atoms with Crippen LogP contribution in [0.15, 0.2) is 42.5 Å². The molecule has 1 unspecified atom stereocenters. The van der Waals surface area contributed by atoms with Crippen molar-refractivity contribution < 1.29 is 14.3 Å². The molecule has 1 aliphatic heterocycles. The number of benzene rings is 2. The van der Waals surface area contributed by atoms with E-state index >= 15 is 0 Å². The van der Waals surface area contributed by atoms with Crippen molar-refractivity contribution in [1.29, 1.82) is 0 Å². The summed E-state index contributed by atoms with van der Waals surface area (Å²) < 4.78 is 10.7. The molecule has 0 fully saturated rings. The molecule has 0 saturated heterocycles. The smallest absolute Gasteiger partial charge is 0.320 e. The fraction of sp³-hybridized carbons (Fsp3) is 0.348. The normalized spacial score (nSPS) is 16.6. The summed E-state index contributed by atoms with van der Waals surface area (Å²) in [4.78, 5) is 18.1. The van der Waals surface area contributed by atoms with Crippen LogP contribution < -0.4 is 4.74 Å². The summed E-state index contributed by atoms with van der Waals surface area (Å²) in [5.41, 5.74) is 4.55. The standard InChI is InChI=1S/C23H25ClN2O3/c1-3-12-29-21(27)14-26-11-10-18-19-13-16(24)6-9-20(19)25-22(18)23(26)15-4-7-17(28-2)8-5-15/h4-9,13,23,25H,3,10-12,14H2,1-2H3. The van der Waals surface area contributed by atoms with Gasteiger partial charge in [-0.3, -0.25) is 9.69 Å². The van der Waals surface area contributed by atoms with Crippen LogP contribution in [0.2, 0.25) is 5.02 Å². The third-order valence-electron chi connectivity index (χ3n) is 5.42. The molecule has 0 saturated carbocycles. The first-order valence-electron chi connectivity index (χ1n) is 9.94. The number of methoxy groups -OCH3 is 1. The number of H-pyrrole nitrogens is 1. The Labute approximate surface area is 175 Å². The van der Waals surface area contributed by atoms with Crippen molar-refractivity contribution in [3.8, 4) is 5.75 Å². The van der Waals surface area contributed by atoms with Gasteiger partial charge in [-0.25, -0.2) is 0 Å². The summed E-state index contributed by atoms with van der Waals surface area (Å²) in [6.07, 6.45) is 1.67. The van der Waals surface area contributed by atoms with Gasteiger partial charge in [0.15, 0.2) is 0 Å². The summed E-state index contributed by atoms with van der Waals surface area (Å²) in [6, 6.07) is 13.9. The lowest BCUT2D eigenvalue weighted by molar-refractivity contribution is -0.145. The van der Waals surface area contributed by atoms with E-state index in [9.17, 15) is 4.79 Å². The van der Waals surface area contributed by atoms with Crippen molar-refractivity contribution in [3.05, 3.63) is 64.3 Å². The lowest BCUT2D eigenvalue weighted by Crippen LogP contribution is -2.40. The first-order valence-corrected chi connectivity index (χ1v) is 10.3.